The highest BCUT2D eigenvalue weighted by atomic mass is 31.2. The molecule has 1 atom stereocenters. The summed E-state index contributed by atoms with van der Waals surface area (Å²) in [5.74, 6) is 0. The molecule has 0 spiro atoms. The third-order valence-electron chi connectivity index (χ3n) is 5.00. The summed E-state index contributed by atoms with van der Waals surface area (Å²) in [5.41, 5.74) is 0. The second-order valence-corrected chi connectivity index (χ2v) is 9.71. The Hall–Kier alpha value is -0.190. The fraction of sp³-hybridized carbons (Fsp3) is 0.909. The number of hydrogen-bond acceptors (Lipinski definition) is 3. The zero-order valence-corrected chi connectivity index (χ0v) is 19.1. The monoisotopic (exact) mass is 419 g/mol. The van der Waals surface area contributed by atoms with Gasteiger partial charge in [0.15, 0.2) is 0 Å². The smallest absolute Gasteiger partial charge is 0.325 e. The van der Waals surface area contributed by atoms with E-state index in [4.69, 9.17) is 9.79 Å². The van der Waals surface area contributed by atoms with Gasteiger partial charge >= 0.3 is 7.60 Å². The molecule has 0 rings (SSSR count). The maximum atomic E-state index is 10.7. The molecule has 1 unspecified atom stereocenters. The summed E-state index contributed by atoms with van der Waals surface area (Å²) in [4.78, 5) is 17.5. The van der Waals surface area contributed by atoms with E-state index in [2.05, 4.69) is 24.4 Å². The molecule has 0 heterocycles. The fourth-order valence-electron chi connectivity index (χ4n) is 3.23. The van der Waals surface area contributed by atoms with Crippen LogP contribution >= 0.6 is 7.60 Å². The number of aliphatic hydroxyl groups excluding tert-OH is 1. The predicted molar refractivity (Wildman–Crippen MR) is 120 cm³/mol. The molecule has 168 valence electrons. The Labute approximate surface area is 173 Å². The third-order valence-corrected chi connectivity index (χ3v) is 5.89. The van der Waals surface area contributed by atoms with Crippen LogP contribution in [0.15, 0.2) is 12.2 Å². The van der Waals surface area contributed by atoms with Gasteiger partial charge in [0, 0.05) is 6.16 Å². The molecule has 0 fully saturated rings. The molecule has 0 aromatic rings. The molecule has 0 saturated heterocycles. The normalized spacial score (nSPS) is 13.4. The minimum absolute atomic E-state index is 0.153. The predicted octanol–water partition coefficient (Wildman–Crippen LogP) is 5.89. The van der Waals surface area contributed by atoms with Crippen LogP contribution in [0.5, 0.6) is 0 Å². The van der Waals surface area contributed by atoms with Crippen molar-refractivity contribution in [1.29, 1.82) is 0 Å². The fourth-order valence-corrected chi connectivity index (χ4v) is 3.83. The van der Waals surface area contributed by atoms with E-state index in [0.717, 1.165) is 19.4 Å². The van der Waals surface area contributed by atoms with Crippen molar-refractivity contribution >= 4 is 7.60 Å². The third kappa shape index (κ3) is 23.8. The summed E-state index contributed by atoms with van der Waals surface area (Å²) in [6.07, 6.45) is 22.6. The van der Waals surface area contributed by atoms with E-state index in [0.29, 0.717) is 12.8 Å². The van der Waals surface area contributed by atoms with Crippen LogP contribution in [0, 0.1) is 0 Å². The number of hydrogen-bond donors (Lipinski definition) is 4. The molecule has 6 heteroatoms. The van der Waals surface area contributed by atoms with E-state index >= 15 is 0 Å². The maximum absolute atomic E-state index is 10.7. The molecule has 0 saturated carbocycles. The van der Waals surface area contributed by atoms with Crippen LogP contribution in [-0.2, 0) is 4.57 Å². The Morgan fingerprint density at radius 2 is 1.29 bits per heavy atom. The standard InChI is InChI=1S/C22H46NO4P/c1-2-3-4-5-6-7-8-9-10-11-12-13-14-15-16-17-20-23-22(24)19-18-21-28(25,26)27/h9-10,22-24H,2-8,11-21H2,1H3,(H2,25,26,27)/b10-9-. The lowest BCUT2D eigenvalue weighted by molar-refractivity contribution is 0.126. The highest BCUT2D eigenvalue weighted by molar-refractivity contribution is 7.51. The highest BCUT2D eigenvalue weighted by Gasteiger charge is 2.13. The number of aliphatic hydroxyl groups is 1. The first-order chi connectivity index (χ1) is 13.5. The number of allylic oxidation sites excluding steroid dienone is 2. The van der Waals surface area contributed by atoms with Gasteiger partial charge in [-0.05, 0) is 51.5 Å². The molecule has 0 aromatic carbocycles. The number of nitrogens with one attached hydrogen (secondary N) is 1. The Kier molecular flexibility index (Phi) is 20.0. The second kappa shape index (κ2) is 20.1. The van der Waals surface area contributed by atoms with Gasteiger partial charge in [-0.15, -0.1) is 0 Å². The van der Waals surface area contributed by atoms with Crippen LogP contribution < -0.4 is 5.32 Å². The van der Waals surface area contributed by atoms with Gasteiger partial charge in [-0.3, -0.25) is 9.88 Å². The van der Waals surface area contributed by atoms with Crippen LogP contribution in [0.2, 0.25) is 0 Å². The SMILES string of the molecule is CCCCCCCC/C=C\CCCCCCCCNC(O)CCCP(=O)(O)O. The Morgan fingerprint density at radius 1 is 0.786 bits per heavy atom. The van der Waals surface area contributed by atoms with Crippen molar-refractivity contribution in [2.45, 2.75) is 116 Å². The summed E-state index contributed by atoms with van der Waals surface area (Å²) in [5, 5.41) is 12.7. The summed E-state index contributed by atoms with van der Waals surface area (Å²) in [6, 6.07) is 0. The molecular weight excluding hydrogens is 373 g/mol. The average Bonchev–Trinajstić information content (AvgIpc) is 2.63. The molecule has 0 aliphatic carbocycles. The first-order valence-electron chi connectivity index (χ1n) is 11.6. The largest absolute Gasteiger partial charge is 0.379 e. The molecule has 28 heavy (non-hydrogen) atoms. The van der Waals surface area contributed by atoms with Gasteiger partial charge in [0.05, 0.1) is 0 Å². The molecule has 0 radical (unpaired) electrons. The lowest BCUT2D eigenvalue weighted by Crippen LogP contribution is -2.29. The molecule has 0 bridgehead atoms. The van der Waals surface area contributed by atoms with Crippen molar-refractivity contribution in [1.82, 2.24) is 5.32 Å². The van der Waals surface area contributed by atoms with Gasteiger partial charge in [-0.25, -0.2) is 0 Å². The molecule has 0 amide bonds. The van der Waals surface area contributed by atoms with Crippen LogP contribution in [0.4, 0.5) is 0 Å². The van der Waals surface area contributed by atoms with E-state index in [9.17, 15) is 9.67 Å². The summed E-state index contributed by atoms with van der Waals surface area (Å²) in [6.45, 7) is 3.02. The molecule has 0 aromatic heterocycles. The lowest BCUT2D eigenvalue weighted by Gasteiger charge is -2.12. The zero-order valence-electron chi connectivity index (χ0n) is 18.2. The van der Waals surface area contributed by atoms with E-state index in [1.165, 1.54) is 77.0 Å². The topological polar surface area (TPSA) is 89.8 Å². The second-order valence-electron chi connectivity index (χ2n) is 7.94. The van der Waals surface area contributed by atoms with Gasteiger partial charge < -0.3 is 14.9 Å². The van der Waals surface area contributed by atoms with E-state index in [-0.39, 0.29) is 6.16 Å². The Balaban J connectivity index is 3.23. The quantitative estimate of drug-likeness (QED) is 0.0806. The molecular formula is C22H46NO4P. The first kappa shape index (κ1) is 27.8. The van der Waals surface area contributed by atoms with Gasteiger partial charge in [0.25, 0.3) is 0 Å². The first-order valence-corrected chi connectivity index (χ1v) is 13.4. The average molecular weight is 420 g/mol. The van der Waals surface area contributed by atoms with Gasteiger partial charge in [0.1, 0.15) is 6.23 Å². The van der Waals surface area contributed by atoms with Crippen molar-refractivity contribution < 1.29 is 19.5 Å². The summed E-state index contributed by atoms with van der Waals surface area (Å²) in [7, 11) is -3.93. The van der Waals surface area contributed by atoms with Crippen molar-refractivity contribution in [3.8, 4) is 0 Å². The Morgan fingerprint density at radius 3 is 1.82 bits per heavy atom. The van der Waals surface area contributed by atoms with Gasteiger partial charge in [-0.1, -0.05) is 76.9 Å². The molecule has 0 aliphatic heterocycles. The minimum atomic E-state index is -3.93. The van der Waals surface area contributed by atoms with E-state index in [1.54, 1.807) is 0 Å². The number of unbranched alkanes of at least 4 members (excludes halogenated alkanes) is 12. The van der Waals surface area contributed by atoms with Gasteiger partial charge in [0.2, 0.25) is 0 Å². The van der Waals surface area contributed by atoms with Crippen molar-refractivity contribution in [3.05, 3.63) is 12.2 Å². The minimum Gasteiger partial charge on any atom is -0.379 e. The lowest BCUT2D eigenvalue weighted by atomic mass is 10.1. The molecule has 0 aliphatic rings. The van der Waals surface area contributed by atoms with Crippen molar-refractivity contribution in [2.75, 3.05) is 12.7 Å². The van der Waals surface area contributed by atoms with Crippen LogP contribution in [0.1, 0.15) is 110 Å². The van der Waals surface area contributed by atoms with Crippen molar-refractivity contribution in [2.24, 2.45) is 0 Å². The van der Waals surface area contributed by atoms with Crippen molar-refractivity contribution in [3.63, 3.8) is 0 Å². The van der Waals surface area contributed by atoms with E-state index in [1.807, 2.05) is 0 Å². The summed E-state index contributed by atoms with van der Waals surface area (Å²) >= 11 is 0. The molecule has 5 nitrogen and oxygen atoms in total. The highest BCUT2D eigenvalue weighted by Crippen LogP contribution is 2.35. The van der Waals surface area contributed by atoms with Gasteiger partial charge in [-0.2, -0.15) is 0 Å². The zero-order chi connectivity index (χ0) is 20.9. The van der Waals surface area contributed by atoms with Crippen LogP contribution in [-0.4, -0.2) is 33.8 Å². The number of rotatable bonds is 21. The van der Waals surface area contributed by atoms with Crippen LogP contribution in [0.3, 0.4) is 0 Å². The van der Waals surface area contributed by atoms with E-state index < -0.39 is 13.8 Å². The Bertz CT molecular complexity index is 398. The maximum Gasteiger partial charge on any atom is 0.325 e. The molecule has 4 N–H and O–H groups in total. The van der Waals surface area contributed by atoms with Crippen LogP contribution in [0.25, 0.3) is 0 Å². The summed E-state index contributed by atoms with van der Waals surface area (Å²) < 4.78 is 10.7.